The second-order valence-electron chi connectivity index (χ2n) is 17.6. The molecule has 2 atom stereocenters. The molecule has 1 aliphatic carbocycles. The minimum Gasteiger partial charge on any atom is -0.755 e. The molecule has 0 spiro atoms. The number of fused-ring (bicyclic) bond motifs is 1. The van der Waals surface area contributed by atoms with E-state index in [0.29, 0.717) is 43.4 Å². The first-order valence-electron chi connectivity index (χ1n) is 21.0. The molecule has 1 aromatic heterocycles. The van der Waals surface area contributed by atoms with Crippen LogP contribution in [0.4, 0.5) is 10.5 Å². The Balaban J connectivity index is 1.46. The van der Waals surface area contributed by atoms with Crippen LogP contribution >= 0.6 is 11.6 Å². The maximum absolute atomic E-state index is 13.4. The molecule has 12 nitrogen and oxygen atoms in total. The Bertz CT molecular complexity index is 2090. The van der Waals surface area contributed by atoms with E-state index in [1.54, 1.807) is 32.9 Å². The summed E-state index contributed by atoms with van der Waals surface area (Å²) in [5.41, 5.74) is 2.10. The fourth-order valence-corrected chi connectivity index (χ4v) is 11.0. The standard InChI is InChI=1S/C45H63ClN4O8SSi/c1-10-60(11-2,12-3)58-40(34-21-24-37(46)39(27-34)49(59(53)54)31-41(51)56-44(4,5)6)30-48(29-32-17-14-13-15-18-32)25-26-55-35-22-23-36-38(28-35)50(43(52)57-45(7,8)9)47-42(36)33-19-16-20-33/h13-15,17-18,21-24,27-28,33,40H,10-12,16,19-20,25-26,29-31H2,1-9H3,(H,53,54)/p-1. The molecule has 0 saturated heterocycles. The molecule has 15 heteroatoms. The number of esters is 1. The van der Waals surface area contributed by atoms with Crippen LogP contribution in [0.2, 0.25) is 23.2 Å². The number of carbonyl (C=O) groups is 2. The molecule has 0 N–H and O–H groups in total. The predicted octanol–water partition coefficient (Wildman–Crippen LogP) is 10.3. The van der Waals surface area contributed by atoms with Crippen molar-refractivity contribution >= 4 is 59.8 Å². The SMILES string of the molecule is CC[Si](CC)(CC)OC(CN(CCOc1ccc2c(C3CCC3)nn(C(=O)OC(C)(C)C)c2c1)Cc1ccccc1)c1ccc(Cl)c(N(CC(=O)OC(C)(C)C)S(=O)[O-])c1. The van der Waals surface area contributed by atoms with E-state index in [1.807, 2.05) is 63.2 Å². The van der Waals surface area contributed by atoms with Gasteiger partial charge in [-0.05, 0) is 108 Å². The predicted molar refractivity (Wildman–Crippen MR) is 240 cm³/mol. The van der Waals surface area contributed by atoms with Crippen molar-refractivity contribution in [1.29, 1.82) is 0 Å². The summed E-state index contributed by atoms with van der Waals surface area (Å²) < 4.78 is 52.4. The second-order valence-corrected chi connectivity index (χ2v) is 23.6. The average Bonchev–Trinajstić information content (AvgIpc) is 3.52. The van der Waals surface area contributed by atoms with E-state index in [0.717, 1.165) is 63.9 Å². The van der Waals surface area contributed by atoms with Crippen molar-refractivity contribution in [1.82, 2.24) is 14.7 Å². The van der Waals surface area contributed by atoms with Gasteiger partial charge in [0.1, 0.15) is 30.1 Å². The highest BCUT2D eigenvalue weighted by Gasteiger charge is 2.34. The van der Waals surface area contributed by atoms with Crippen LogP contribution in [0.3, 0.4) is 0 Å². The molecule has 0 aliphatic heterocycles. The Kier molecular flexibility index (Phi) is 16.1. The van der Waals surface area contributed by atoms with Crippen LogP contribution in [0.1, 0.15) is 110 Å². The molecule has 1 heterocycles. The number of hydrogen-bond acceptors (Lipinski definition) is 10. The van der Waals surface area contributed by atoms with Gasteiger partial charge in [0.05, 0.1) is 28.0 Å². The fraction of sp³-hybridized carbons (Fsp3) is 0.533. The molecule has 328 valence electrons. The highest BCUT2D eigenvalue weighted by atomic mass is 35.5. The van der Waals surface area contributed by atoms with Crippen molar-refractivity contribution < 1.29 is 37.0 Å². The molecule has 4 aromatic rings. The monoisotopic (exact) mass is 881 g/mol. The number of nitrogens with zero attached hydrogens (tertiary/aromatic N) is 4. The summed E-state index contributed by atoms with van der Waals surface area (Å²) in [5, 5.41) is 5.86. The average molecular weight is 883 g/mol. The van der Waals surface area contributed by atoms with Crippen molar-refractivity contribution in [3.8, 4) is 5.75 Å². The van der Waals surface area contributed by atoms with Gasteiger partial charge in [0.25, 0.3) is 0 Å². The van der Waals surface area contributed by atoms with Gasteiger partial charge in [-0.15, -0.1) is 0 Å². The number of anilines is 1. The normalized spacial score (nSPS) is 14.8. The smallest absolute Gasteiger partial charge is 0.435 e. The summed E-state index contributed by atoms with van der Waals surface area (Å²) in [6, 6.07) is 23.9. The summed E-state index contributed by atoms with van der Waals surface area (Å²) >= 11 is 3.84. The van der Waals surface area contributed by atoms with Gasteiger partial charge in [-0.3, -0.25) is 18.2 Å². The fourth-order valence-electron chi connectivity index (χ4n) is 7.38. The largest absolute Gasteiger partial charge is 0.755 e. The van der Waals surface area contributed by atoms with Crippen LogP contribution in [-0.4, -0.2) is 81.3 Å². The zero-order valence-corrected chi connectivity index (χ0v) is 39.2. The van der Waals surface area contributed by atoms with Gasteiger partial charge < -0.3 is 23.2 Å². The lowest BCUT2D eigenvalue weighted by molar-refractivity contribution is -0.152. The Morgan fingerprint density at radius 2 is 1.62 bits per heavy atom. The Labute approximate surface area is 364 Å². The zero-order chi connectivity index (χ0) is 43.8. The van der Waals surface area contributed by atoms with Crippen molar-refractivity contribution in [3.63, 3.8) is 0 Å². The van der Waals surface area contributed by atoms with Gasteiger partial charge >= 0.3 is 12.1 Å². The van der Waals surface area contributed by atoms with Crippen molar-refractivity contribution in [2.75, 3.05) is 30.5 Å². The number of aromatic nitrogens is 2. The maximum Gasteiger partial charge on any atom is 0.435 e. The minimum absolute atomic E-state index is 0.165. The lowest BCUT2D eigenvalue weighted by Crippen LogP contribution is -2.41. The molecule has 60 heavy (non-hydrogen) atoms. The number of hydrogen-bond donors (Lipinski definition) is 0. The van der Waals surface area contributed by atoms with Crippen LogP contribution in [0.25, 0.3) is 10.9 Å². The lowest BCUT2D eigenvalue weighted by Gasteiger charge is -2.37. The van der Waals surface area contributed by atoms with Crippen LogP contribution in [0.5, 0.6) is 5.75 Å². The lowest BCUT2D eigenvalue weighted by atomic mass is 9.82. The van der Waals surface area contributed by atoms with Gasteiger partial charge in [0, 0.05) is 48.3 Å². The maximum atomic E-state index is 13.4. The Morgan fingerprint density at radius 3 is 2.20 bits per heavy atom. The minimum atomic E-state index is -2.83. The molecule has 5 rings (SSSR count). The molecule has 2 unspecified atom stereocenters. The molecule has 0 amide bonds. The van der Waals surface area contributed by atoms with Crippen LogP contribution < -0.4 is 9.04 Å². The summed E-state index contributed by atoms with van der Waals surface area (Å²) in [6.07, 6.45) is 2.23. The molecule has 1 saturated carbocycles. The van der Waals surface area contributed by atoms with E-state index in [-0.39, 0.29) is 10.7 Å². The topological polar surface area (TPSA) is 135 Å². The number of rotatable bonds is 19. The Morgan fingerprint density at radius 1 is 0.950 bits per heavy atom. The van der Waals surface area contributed by atoms with Gasteiger partial charge in [0.15, 0.2) is 8.32 Å². The van der Waals surface area contributed by atoms with Crippen molar-refractivity contribution in [3.05, 3.63) is 88.6 Å². The molecular weight excluding hydrogens is 820 g/mol. The molecule has 0 radical (unpaired) electrons. The second kappa shape index (κ2) is 20.4. The molecule has 3 aromatic carbocycles. The quantitative estimate of drug-likeness (QED) is 0.0509. The first-order chi connectivity index (χ1) is 28.3. The summed E-state index contributed by atoms with van der Waals surface area (Å²) in [4.78, 5) is 28.5. The van der Waals surface area contributed by atoms with E-state index in [1.165, 1.54) is 4.68 Å². The molecule has 0 bridgehead atoms. The van der Waals surface area contributed by atoms with Gasteiger partial charge in [-0.2, -0.15) is 9.78 Å². The van der Waals surface area contributed by atoms with Crippen molar-refractivity contribution in [2.24, 2.45) is 0 Å². The van der Waals surface area contributed by atoms with E-state index in [2.05, 4.69) is 37.8 Å². The third-order valence-corrected chi connectivity index (χ3v) is 16.6. The van der Waals surface area contributed by atoms with Crippen LogP contribution in [-0.2, 0) is 36.5 Å². The summed E-state index contributed by atoms with van der Waals surface area (Å²) in [5.74, 6) is 0.218. The molecular formula is C45H62ClN4O8SSi-. The first-order valence-corrected chi connectivity index (χ1v) is 25.0. The van der Waals surface area contributed by atoms with Gasteiger partial charge in [-0.1, -0.05) is 75.2 Å². The van der Waals surface area contributed by atoms with E-state index >= 15 is 0 Å². The van der Waals surface area contributed by atoms with E-state index in [9.17, 15) is 18.4 Å². The number of halogens is 1. The summed E-state index contributed by atoms with van der Waals surface area (Å²) in [7, 11) is -2.25. The van der Waals surface area contributed by atoms with Crippen LogP contribution in [0, 0.1) is 0 Å². The third-order valence-electron chi connectivity index (χ3n) is 10.9. The highest BCUT2D eigenvalue weighted by molar-refractivity contribution is 7.80. The van der Waals surface area contributed by atoms with Crippen LogP contribution in [0.15, 0.2) is 66.7 Å². The molecule has 1 aliphatic rings. The molecule has 1 fully saturated rings. The van der Waals surface area contributed by atoms with E-state index in [4.69, 9.17) is 35.3 Å². The summed E-state index contributed by atoms with van der Waals surface area (Å²) in [6.45, 7) is 18.5. The first kappa shape index (κ1) is 47.3. The van der Waals surface area contributed by atoms with Crippen molar-refractivity contribution in [2.45, 2.75) is 129 Å². The number of benzene rings is 3. The highest BCUT2D eigenvalue weighted by Crippen LogP contribution is 2.40. The van der Waals surface area contributed by atoms with Gasteiger partial charge in [-0.25, -0.2) is 4.79 Å². The Hall–Kier alpha value is -3.79. The number of carbonyl (C=O) groups excluding carboxylic acids is 2. The van der Waals surface area contributed by atoms with E-state index < -0.39 is 55.5 Å². The third kappa shape index (κ3) is 12.6. The number of ether oxygens (including phenoxy) is 3. The van der Waals surface area contributed by atoms with Gasteiger partial charge in [0.2, 0.25) is 0 Å². The zero-order valence-electron chi connectivity index (χ0n) is 36.6.